The molecule has 0 radical (unpaired) electrons. The van der Waals surface area contributed by atoms with E-state index in [0.717, 1.165) is 29.4 Å². The van der Waals surface area contributed by atoms with Gasteiger partial charge in [-0.25, -0.2) is 0 Å². The topological polar surface area (TPSA) is 78.7 Å². The van der Waals surface area contributed by atoms with Crippen molar-refractivity contribution in [3.8, 4) is 0 Å². The zero-order chi connectivity index (χ0) is 22.1. The predicted molar refractivity (Wildman–Crippen MR) is 119 cm³/mol. The molecule has 1 atom stereocenters. The molecule has 0 bridgehead atoms. The second-order valence-electron chi connectivity index (χ2n) is 8.10. The third-order valence-electron chi connectivity index (χ3n) is 5.72. The predicted octanol–water partition coefficient (Wildman–Crippen LogP) is 2.95. The van der Waals surface area contributed by atoms with Crippen LogP contribution in [0, 0.1) is 0 Å². The summed E-state index contributed by atoms with van der Waals surface area (Å²) >= 11 is 0. The van der Waals surface area contributed by atoms with Crippen LogP contribution in [0.15, 0.2) is 60.6 Å². The number of para-hydroxylation sites is 1. The number of hydrogen-bond acceptors (Lipinski definition) is 5. The Bertz CT molecular complexity index is 1160. The van der Waals surface area contributed by atoms with Crippen LogP contribution in [0.25, 0.3) is 16.7 Å². The Morgan fingerprint density at radius 1 is 1.13 bits per heavy atom. The number of pyridine rings is 1. The summed E-state index contributed by atoms with van der Waals surface area (Å²) in [4.78, 5) is 33.8. The average molecular weight is 418 g/mol. The molecule has 4 rings (SSSR count). The summed E-state index contributed by atoms with van der Waals surface area (Å²) in [6, 6.07) is 10.6. The molecule has 1 saturated heterocycles. The second kappa shape index (κ2) is 8.35. The lowest BCUT2D eigenvalue weighted by molar-refractivity contribution is -0.139. The van der Waals surface area contributed by atoms with Crippen LogP contribution in [0.3, 0.4) is 0 Å². The molecule has 0 saturated carbocycles. The fraction of sp³-hybridized carbons (Fsp3) is 0.292. The second-order valence-corrected chi connectivity index (χ2v) is 8.10. The normalized spacial score (nSPS) is 18.5. The Balaban J connectivity index is 1.85. The summed E-state index contributed by atoms with van der Waals surface area (Å²) in [5, 5.41) is 12.2. The molecule has 0 aliphatic carbocycles. The summed E-state index contributed by atoms with van der Waals surface area (Å²) in [6.07, 6.45) is 5.78. The van der Waals surface area contributed by atoms with Gasteiger partial charge in [-0.3, -0.25) is 14.6 Å². The number of aryl methyl sites for hydroxylation is 1. The van der Waals surface area contributed by atoms with Gasteiger partial charge >= 0.3 is 0 Å². The maximum atomic E-state index is 13.1. The van der Waals surface area contributed by atoms with Crippen LogP contribution in [0.2, 0.25) is 0 Å². The summed E-state index contributed by atoms with van der Waals surface area (Å²) in [6.45, 7) is 1.21. The summed E-state index contributed by atoms with van der Waals surface area (Å²) in [5.74, 6) is -1.38. The molecule has 1 N–H and O–H groups in total. The number of aromatic nitrogens is 2. The first-order chi connectivity index (χ1) is 14.9. The van der Waals surface area contributed by atoms with Gasteiger partial charge in [-0.2, -0.15) is 0 Å². The highest BCUT2D eigenvalue weighted by atomic mass is 16.3. The van der Waals surface area contributed by atoms with Crippen LogP contribution in [-0.2, 0) is 16.6 Å². The number of rotatable bonds is 6. The Morgan fingerprint density at radius 2 is 1.84 bits per heavy atom. The van der Waals surface area contributed by atoms with Crippen molar-refractivity contribution in [1.29, 1.82) is 0 Å². The molecule has 0 unspecified atom stereocenters. The Morgan fingerprint density at radius 3 is 2.55 bits per heavy atom. The van der Waals surface area contributed by atoms with Gasteiger partial charge < -0.3 is 19.5 Å². The molecule has 31 heavy (non-hydrogen) atoms. The number of nitrogens with zero attached hydrogens (tertiary/aromatic N) is 4. The Labute approximate surface area is 181 Å². The van der Waals surface area contributed by atoms with Gasteiger partial charge in [0.05, 0.1) is 11.6 Å². The van der Waals surface area contributed by atoms with E-state index in [1.165, 1.54) is 0 Å². The number of carbonyl (C=O) groups is 2. The summed E-state index contributed by atoms with van der Waals surface area (Å²) in [7, 11) is 5.82. The van der Waals surface area contributed by atoms with Crippen molar-refractivity contribution in [2.24, 2.45) is 7.05 Å². The highest BCUT2D eigenvalue weighted by molar-refractivity contribution is 6.46. The molecule has 1 fully saturated rings. The molecule has 2 aromatic heterocycles. The van der Waals surface area contributed by atoms with Crippen molar-refractivity contribution < 1.29 is 14.7 Å². The highest BCUT2D eigenvalue weighted by Gasteiger charge is 2.46. The molecular weight excluding hydrogens is 392 g/mol. The molecule has 160 valence electrons. The van der Waals surface area contributed by atoms with E-state index in [9.17, 15) is 14.7 Å². The first-order valence-electron chi connectivity index (χ1n) is 10.3. The fourth-order valence-electron chi connectivity index (χ4n) is 4.24. The third kappa shape index (κ3) is 3.72. The Hall–Kier alpha value is -3.45. The summed E-state index contributed by atoms with van der Waals surface area (Å²) in [5.41, 5.74) is 2.35. The van der Waals surface area contributed by atoms with Gasteiger partial charge in [0.2, 0.25) is 0 Å². The van der Waals surface area contributed by atoms with E-state index in [1.807, 2.05) is 54.9 Å². The van der Waals surface area contributed by atoms with Gasteiger partial charge in [0.25, 0.3) is 11.7 Å². The third-order valence-corrected chi connectivity index (χ3v) is 5.72. The Kier molecular flexibility index (Phi) is 5.61. The van der Waals surface area contributed by atoms with Crippen LogP contribution in [0.4, 0.5) is 0 Å². The zero-order valence-corrected chi connectivity index (χ0v) is 17.9. The van der Waals surface area contributed by atoms with E-state index in [1.54, 1.807) is 35.6 Å². The fourth-order valence-corrected chi connectivity index (χ4v) is 4.24. The van der Waals surface area contributed by atoms with Crippen LogP contribution in [-0.4, -0.2) is 63.3 Å². The van der Waals surface area contributed by atoms with Gasteiger partial charge in [0.1, 0.15) is 5.76 Å². The zero-order valence-electron chi connectivity index (χ0n) is 17.9. The van der Waals surface area contributed by atoms with Gasteiger partial charge in [0.15, 0.2) is 0 Å². The number of benzene rings is 1. The van der Waals surface area contributed by atoms with E-state index in [2.05, 4.69) is 4.98 Å². The van der Waals surface area contributed by atoms with Crippen molar-refractivity contribution in [3.63, 3.8) is 0 Å². The monoisotopic (exact) mass is 418 g/mol. The minimum atomic E-state index is -0.655. The molecule has 3 heterocycles. The number of amides is 1. The molecule has 7 heteroatoms. The minimum absolute atomic E-state index is 0.123. The molecule has 1 aromatic carbocycles. The van der Waals surface area contributed by atoms with E-state index in [0.29, 0.717) is 12.1 Å². The van der Waals surface area contributed by atoms with E-state index in [4.69, 9.17) is 0 Å². The number of aliphatic hydroxyl groups excluding tert-OH is 1. The van der Waals surface area contributed by atoms with Crippen molar-refractivity contribution in [2.45, 2.75) is 12.5 Å². The highest BCUT2D eigenvalue weighted by Crippen LogP contribution is 2.40. The van der Waals surface area contributed by atoms with Crippen LogP contribution < -0.4 is 0 Å². The molecule has 1 aliphatic heterocycles. The van der Waals surface area contributed by atoms with Crippen LogP contribution in [0.5, 0.6) is 0 Å². The number of carbonyl (C=O) groups excluding carboxylic acids is 2. The number of fused-ring (bicyclic) bond motifs is 1. The number of ketones is 1. The van der Waals surface area contributed by atoms with Crippen molar-refractivity contribution in [2.75, 3.05) is 27.2 Å². The van der Waals surface area contributed by atoms with E-state index in [-0.39, 0.29) is 11.3 Å². The first-order valence-corrected chi connectivity index (χ1v) is 10.3. The van der Waals surface area contributed by atoms with Gasteiger partial charge in [-0.15, -0.1) is 0 Å². The van der Waals surface area contributed by atoms with Gasteiger partial charge in [-0.1, -0.05) is 18.2 Å². The number of aliphatic hydroxyl groups is 1. The quantitative estimate of drug-likeness (QED) is 0.378. The molecule has 1 amide bonds. The van der Waals surface area contributed by atoms with Gasteiger partial charge in [0, 0.05) is 48.6 Å². The van der Waals surface area contributed by atoms with Gasteiger partial charge in [-0.05, 0) is 50.8 Å². The van der Waals surface area contributed by atoms with Crippen molar-refractivity contribution >= 4 is 28.4 Å². The van der Waals surface area contributed by atoms with Crippen molar-refractivity contribution in [3.05, 3.63) is 71.7 Å². The number of hydrogen-bond donors (Lipinski definition) is 1. The minimum Gasteiger partial charge on any atom is -0.507 e. The molecule has 3 aromatic rings. The maximum absolute atomic E-state index is 13.1. The SMILES string of the molecule is CN(C)CCCN1C(=O)C(=O)/C(=C(/O)c2cn(C)c3ccccc23)[C@H]1c1ccncc1. The molecular formula is C24H26N4O3. The van der Waals surface area contributed by atoms with E-state index < -0.39 is 17.7 Å². The van der Waals surface area contributed by atoms with Crippen LogP contribution >= 0.6 is 0 Å². The smallest absolute Gasteiger partial charge is 0.295 e. The van der Waals surface area contributed by atoms with E-state index >= 15 is 0 Å². The van der Waals surface area contributed by atoms with Crippen LogP contribution in [0.1, 0.15) is 23.6 Å². The lowest BCUT2D eigenvalue weighted by Gasteiger charge is -2.25. The number of likely N-dealkylation sites (tertiary alicyclic amines) is 1. The van der Waals surface area contributed by atoms with Crippen molar-refractivity contribution in [1.82, 2.24) is 19.4 Å². The number of Topliss-reactive ketones (excluding diaryl/α,β-unsaturated/α-hetero) is 1. The maximum Gasteiger partial charge on any atom is 0.295 e. The standard InChI is InChI=1S/C24H26N4O3/c1-26(2)13-6-14-28-21(16-9-11-25-12-10-16)20(23(30)24(28)31)22(29)18-15-27(3)19-8-5-4-7-17(18)19/h4-5,7-12,15,21,29H,6,13-14H2,1-3H3/b22-20+/t21-/m1/s1. The lowest BCUT2D eigenvalue weighted by atomic mass is 9.96. The average Bonchev–Trinajstić information content (AvgIpc) is 3.23. The lowest BCUT2D eigenvalue weighted by Crippen LogP contribution is -2.32. The largest absolute Gasteiger partial charge is 0.507 e. The molecule has 7 nitrogen and oxygen atoms in total. The first kappa shape index (κ1) is 20.8. The molecule has 1 aliphatic rings. The summed E-state index contributed by atoms with van der Waals surface area (Å²) < 4.78 is 1.90. The molecule has 0 spiro atoms.